The first kappa shape index (κ1) is 15.5. The van der Waals surface area contributed by atoms with Gasteiger partial charge in [0.25, 0.3) is 0 Å². The van der Waals surface area contributed by atoms with Gasteiger partial charge in [-0.1, -0.05) is 32.9 Å². The molecule has 0 bridgehead atoms. The van der Waals surface area contributed by atoms with Crippen LogP contribution in [-0.2, 0) is 12.0 Å². The molecule has 1 aromatic rings. The third-order valence-corrected chi connectivity index (χ3v) is 4.40. The summed E-state index contributed by atoms with van der Waals surface area (Å²) in [6, 6.07) is 5.38. The lowest BCUT2D eigenvalue weighted by Gasteiger charge is -2.33. The lowest BCUT2D eigenvalue weighted by molar-refractivity contribution is 0.199. The van der Waals surface area contributed by atoms with Gasteiger partial charge in [-0.25, -0.2) is 0 Å². The van der Waals surface area contributed by atoms with E-state index in [9.17, 15) is 0 Å². The lowest BCUT2D eigenvalue weighted by atomic mass is 9.83. The quantitative estimate of drug-likeness (QED) is 0.889. The zero-order chi connectivity index (χ0) is 14.9. The van der Waals surface area contributed by atoms with E-state index < -0.39 is 0 Å². The second-order valence-corrected chi connectivity index (χ2v) is 7.43. The zero-order valence-electron chi connectivity index (χ0n) is 14.0. The number of hydrogen-bond acceptors (Lipinski definition) is 2. The van der Waals surface area contributed by atoms with Gasteiger partial charge in [-0.2, -0.15) is 0 Å². The monoisotopic (exact) mass is 274 g/mol. The molecule has 112 valence electrons. The maximum Gasteiger partial charge on any atom is 0.0240 e. The van der Waals surface area contributed by atoms with Gasteiger partial charge in [0, 0.05) is 32.2 Å². The third kappa shape index (κ3) is 3.62. The van der Waals surface area contributed by atoms with E-state index in [0.29, 0.717) is 6.04 Å². The summed E-state index contributed by atoms with van der Waals surface area (Å²) in [5, 5.41) is 3.51. The molecule has 0 unspecified atom stereocenters. The van der Waals surface area contributed by atoms with Gasteiger partial charge in [0.2, 0.25) is 0 Å². The standard InChI is InChI=1S/C18H30N2/c1-13-9-16(18(4,5)6)10-14(2)17(13)12-20-8-7-19-15(3)11-20/h9-10,15,19H,7-8,11-12H2,1-6H3/t15-/m0/s1. The Bertz CT molecular complexity index is 448. The molecule has 0 saturated carbocycles. The molecule has 2 nitrogen and oxygen atoms in total. The van der Waals surface area contributed by atoms with Crippen molar-refractivity contribution < 1.29 is 0 Å². The molecule has 1 fully saturated rings. The van der Waals surface area contributed by atoms with Crippen molar-refractivity contribution in [2.75, 3.05) is 19.6 Å². The van der Waals surface area contributed by atoms with Gasteiger partial charge in [-0.05, 0) is 48.4 Å². The molecule has 0 spiro atoms. The highest BCUT2D eigenvalue weighted by atomic mass is 15.2. The van der Waals surface area contributed by atoms with E-state index in [0.717, 1.165) is 26.2 Å². The van der Waals surface area contributed by atoms with E-state index >= 15 is 0 Å². The van der Waals surface area contributed by atoms with Gasteiger partial charge >= 0.3 is 0 Å². The van der Waals surface area contributed by atoms with Crippen LogP contribution in [0.2, 0.25) is 0 Å². The fraction of sp³-hybridized carbons (Fsp3) is 0.667. The van der Waals surface area contributed by atoms with E-state index in [4.69, 9.17) is 0 Å². The molecule has 1 aliphatic rings. The van der Waals surface area contributed by atoms with Gasteiger partial charge in [0.15, 0.2) is 0 Å². The first-order valence-corrected chi connectivity index (χ1v) is 7.83. The summed E-state index contributed by atoms with van der Waals surface area (Å²) in [4.78, 5) is 2.58. The molecule has 0 radical (unpaired) electrons. The van der Waals surface area contributed by atoms with E-state index in [1.165, 1.54) is 22.3 Å². The van der Waals surface area contributed by atoms with Gasteiger partial charge in [0.1, 0.15) is 0 Å². The summed E-state index contributed by atoms with van der Waals surface area (Å²) < 4.78 is 0. The summed E-state index contributed by atoms with van der Waals surface area (Å²) >= 11 is 0. The van der Waals surface area contributed by atoms with Crippen LogP contribution >= 0.6 is 0 Å². The van der Waals surface area contributed by atoms with Crippen molar-refractivity contribution in [1.82, 2.24) is 10.2 Å². The molecule has 1 aromatic carbocycles. The Kier molecular flexibility index (Phi) is 4.55. The average Bonchev–Trinajstić information content (AvgIpc) is 2.32. The first-order valence-electron chi connectivity index (χ1n) is 7.83. The molecule has 1 N–H and O–H groups in total. The van der Waals surface area contributed by atoms with Crippen LogP contribution in [0.15, 0.2) is 12.1 Å². The summed E-state index contributed by atoms with van der Waals surface area (Å²) in [5.74, 6) is 0. The fourth-order valence-corrected chi connectivity index (χ4v) is 3.06. The number of nitrogens with one attached hydrogen (secondary N) is 1. The van der Waals surface area contributed by atoms with Gasteiger partial charge in [-0.15, -0.1) is 0 Å². The molecule has 1 atom stereocenters. The summed E-state index contributed by atoms with van der Waals surface area (Å²) in [6.07, 6.45) is 0. The average molecular weight is 274 g/mol. The fourth-order valence-electron chi connectivity index (χ4n) is 3.06. The van der Waals surface area contributed by atoms with Crippen LogP contribution in [0, 0.1) is 13.8 Å². The highest BCUT2D eigenvalue weighted by Gasteiger charge is 2.19. The second kappa shape index (κ2) is 5.87. The Morgan fingerprint density at radius 1 is 1.20 bits per heavy atom. The van der Waals surface area contributed by atoms with E-state index in [1.807, 2.05) is 0 Å². The predicted octanol–water partition coefficient (Wildman–Crippen LogP) is 3.39. The van der Waals surface area contributed by atoms with Crippen LogP contribution in [-0.4, -0.2) is 30.6 Å². The van der Waals surface area contributed by atoms with Gasteiger partial charge < -0.3 is 5.32 Å². The van der Waals surface area contributed by atoms with Crippen LogP contribution in [0.25, 0.3) is 0 Å². The Balaban J connectivity index is 2.20. The second-order valence-electron chi connectivity index (χ2n) is 7.43. The van der Waals surface area contributed by atoms with Crippen molar-refractivity contribution in [2.24, 2.45) is 0 Å². The highest BCUT2D eigenvalue weighted by molar-refractivity contribution is 5.40. The summed E-state index contributed by atoms with van der Waals surface area (Å²) in [6.45, 7) is 18.2. The predicted molar refractivity (Wildman–Crippen MR) is 87.4 cm³/mol. The van der Waals surface area contributed by atoms with Crippen molar-refractivity contribution in [3.63, 3.8) is 0 Å². The van der Waals surface area contributed by atoms with E-state index in [2.05, 4.69) is 63.9 Å². The van der Waals surface area contributed by atoms with Crippen LogP contribution in [0.3, 0.4) is 0 Å². The zero-order valence-corrected chi connectivity index (χ0v) is 14.0. The number of rotatable bonds is 2. The largest absolute Gasteiger partial charge is 0.312 e. The molecule has 0 aromatic heterocycles. The third-order valence-electron chi connectivity index (χ3n) is 4.40. The normalized spacial score (nSPS) is 21.2. The van der Waals surface area contributed by atoms with Crippen LogP contribution in [0.1, 0.15) is 49.9 Å². The van der Waals surface area contributed by atoms with Crippen LogP contribution < -0.4 is 5.32 Å². The molecular weight excluding hydrogens is 244 g/mol. The minimum atomic E-state index is 0.234. The Morgan fingerprint density at radius 2 is 1.80 bits per heavy atom. The lowest BCUT2D eigenvalue weighted by Crippen LogP contribution is -2.48. The van der Waals surface area contributed by atoms with E-state index in [-0.39, 0.29) is 5.41 Å². The minimum Gasteiger partial charge on any atom is -0.312 e. The van der Waals surface area contributed by atoms with Crippen LogP contribution in [0.4, 0.5) is 0 Å². The van der Waals surface area contributed by atoms with Crippen molar-refractivity contribution >= 4 is 0 Å². The van der Waals surface area contributed by atoms with E-state index in [1.54, 1.807) is 0 Å². The Labute approximate surface area is 124 Å². The summed E-state index contributed by atoms with van der Waals surface area (Å²) in [7, 11) is 0. The Hall–Kier alpha value is -0.860. The molecule has 1 saturated heterocycles. The maximum absolute atomic E-state index is 3.51. The number of piperazine rings is 1. The summed E-state index contributed by atoms with van der Waals surface area (Å²) in [5.41, 5.74) is 6.09. The number of nitrogens with zero attached hydrogens (tertiary/aromatic N) is 1. The van der Waals surface area contributed by atoms with Crippen molar-refractivity contribution in [2.45, 2.75) is 59.5 Å². The molecule has 2 rings (SSSR count). The highest BCUT2D eigenvalue weighted by Crippen LogP contribution is 2.27. The topological polar surface area (TPSA) is 15.3 Å². The van der Waals surface area contributed by atoms with Crippen LogP contribution in [0.5, 0.6) is 0 Å². The number of benzene rings is 1. The van der Waals surface area contributed by atoms with Crippen molar-refractivity contribution in [3.05, 3.63) is 34.4 Å². The van der Waals surface area contributed by atoms with Gasteiger partial charge in [0.05, 0.1) is 0 Å². The molecular formula is C18H30N2. The number of hydrogen-bond donors (Lipinski definition) is 1. The van der Waals surface area contributed by atoms with Crippen molar-refractivity contribution in [1.29, 1.82) is 0 Å². The molecule has 2 heteroatoms. The van der Waals surface area contributed by atoms with Crippen molar-refractivity contribution in [3.8, 4) is 0 Å². The maximum atomic E-state index is 3.51. The minimum absolute atomic E-state index is 0.234. The number of aryl methyl sites for hydroxylation is 2. The first-order chi connectivity index (χ1) is 9.27. The molecule has 1 aliphatic heterocycles. The smallest absolute Gasteiger partial charge is 0.0240 e. The molecule has 20 heavy (non-hydrogen) atoms. The SMILES string of the molecule is Cc1cc(C(C)(C)C)cc(C)c1CN1CCN[C@@H](C)C1. The Morgan fingerprint density at radius 3 is 2.30 bits per heavy atom. The molecule has 0 amide bonds. The molecule has 0 aliphatic carbocycles. The van der Waals surface area contributed by atoms with Gasteiger partial charge in [-0.3, -0.25) is 4.90 Å². The molecule has 1 heterocycles.